The summed E-state index contributed by atoms with van der Waals surface area (Å²) in [6.45, 7) is 6.14. The van der Waals surface area contributed by atoms with Crippen molar-refractivity contribution in [2.75, 3.05) is 6.61 Å². The maximum Gasteiger partial charge on any atom is 0.310 e. The standard InChI is InChI=1S/C11H15NO2/c1-4-14-11(13)6-10-7-12-9(3)5-8(10)2/h5,7H,4,6H2,1-3H3. The molecule has 0 N–H and O–H groups in total. The van der Waals surface area contributed by atoms with Crippen LogP contribution in [0.15, 0.2) is 12.3 Å². The lowest BCUT2D eigenvalue weighted by Gasteiger charge is -2.05. The predicted molar refractivity (Wildman–Crippen MR) is 54.0 cm³/mol. The largest absolute Gasteiger partial charge is 0.466 e. The summed E-state index contributed by atoms with van der Waals surface area (Å²) in [5.74, 6) is -0.193. The molecule has 0 radical (unpaired) electrons. The van der Waals surface area contributed by atoms with Crippen molar-refractivity contribution < 1.29 is 9.53 Å². The van der Waals surface area contributed by atoms with E-state index >= 15 is 0 Å². The summed E-state index contributed by atoms with van der Waals surface area (Å²) in [5.41, 5.74) is 3.00. The Morgan fingerprint density at radius 2 is 2.21 bits per heavy atom. The molecule has 1 aromatic rings. The fraction of sp³-hybridized carbons (Fsp3) is 0.455. The summed E-state index contributed by atoms with van der Waals surface area (Å²) in [6, 6.07) is 1.97. The number of aryl methyl sites for hydroxylation is 2. The number of rotatable bonds is 3. The second-order valence-corrected chi connectivity index (χ2v) is 3.23. The fourth-order valence-corrected chi connectivity index (χ4v) is 1.28. The fourth-order valence-electron chi connectivity index (χ4n) is 1.28. The van der Waals surface area contributed by atoms with Crippen LogP contribution < -0.4 is 0 Å². The van der Waals surface area contributed by atoms with E-state index in [0.717, 1.165) is 16.8 Å². The molecule has 0 bridgehead atoms. The second-order valence-electron chi connectivity index (χ2n) is 3.23. The molecular formula is C11H15NO2. The zero-order valence-corrected chi connectivity index (χ0v) is 8.83. The van der Waals surface area contributed by atoms with Gasteiger partial charge in [-0.3, -0.25) is 9.78 Å². The maximum absolute atomic E-state index is 11.2. The molecular weight excluding hydrogens is 178 g/mol. The average Bonchev–Trinajstić information content (AvgIpc) is 2.10. The number of pyridine rings is 1. The van der Waals surface area contributed by atoms with Crippen molar-refractivity contribution in [2.24, 2.45) is 0 Å². The topological polar surface area (TPSA) is 39.2 Å². The minimum absolute atomic E-state index is 0.193. The SMILES string of the molecule is CCOC(=O)Cc1cnc(C)cc1C. The van der Waals surface area contributed by atoms with Gasteiger partial charge in [-0.05, 0) is 38.0 Å². The number of hydrogen-bond acceptors (Lipinski definition) is 3. The average molecular weight is 193 g/mol. The Balaban J connectivity index is 2.72. The molecule has 3 heteroatoms. The molecule has 0 saturated heterocycles. The van der Waals surface area contributed by atoms with Crippen LogP contribution in [0.3, 0.4) is 0 Å². The van der Waals surface area contributed by atoms with Crippen molar-refractivity contribution >= 4 is 5.97 Å². The van der Waals surface area contributed by atoms with Crippen LogP contribution in [-0.2, 0) is 16.0 Å². The normalized spacial score (nSPS) is 9.93. The molecule has 1 aromatic heterocycles. The van der Waals surface area contributed by atoms with Crippen molar-refractivity contribution in [3.05, 3.63) is 29.1 Å². The molecule has 1 rings (SSSR count). The van der Waals surface area contributed by atoms with Gasteiger partial charge in [-0.1, -0.05) is 0 Å². The highest BCUT2D eigenvalue weighted by atomic mass is 16.5. The van der Waals surface area contributed by atoms with Crippen LogP contribution in [0.2, 0.25) is 0 Å². The Hall–Kier alpha value is -1.38. The van der Waals surface area contributed by atoms with Crippen LogP contribution in [-0.4, -0.2) is 17.6 Å². The van der Waals surface area contributed by atoms with Gasteiger partial charge < -0.3 is 4.74 Å². The number of carbonyl (C=O) groups is 1. The first-order valence-electron chi connectivity index (χ1n) is 4.71. The van der Waals surface area contributed by atoms with Crippen LogP contribution in [0, 0.1) is 13.8 Å². The monoisotopic (exact) mass is 193 g/mol. The zero-order valence-electron chi connectivity index (χ0n) is 8.83. The van der Waals surface area contributed by atoms with Crippen molar-refractivity contribution in [2.45, 2.75) is 27.2 Å². The maximum atomic E-state index is 11.2. The van der Waals surface area contributed by atoms with E-state index in [1.165, 1.54) is 0 Å². The summed E-state index contributed by atoms with van der Waals surface area (Å²) in [7, 11) is 0. The van der Waals surface area contributed by atoms with Crippen molar-refractivity contribution in [3.8, 4) is 0 Å². The molecule has 0 aromatic carbocycles. The number of carbonyl (C=O) groups excluding carboxylic acids is 1. The zero-order chi connectivity index (χ0) is 10.6. The highest BCUT2D eigenvalue weighted by Gasteiger charge is 2.06. The summed E-state index contributed by atoms with van der Waals surface area (Å²) in [6.07, 6.45) is 2.05. The van der Waals surface area contributed by atoms with Crippen molar-refractivity contribution in [1.29, 1.82) is 0 Å². The molecule has 3 nitrogen and oxygen atoms in total. The van der Waals surface area contributed by atoms with Crippen molar-refractivity contribution in [3.63, 3.8) is 0 Å². The van der Waals surface area contributed by atoms with Gasteiger partial charge in [-0.2, -0.15) is 0 Å². The van der Waals surface area contributed by atoms with E-state index in [0.29, 0.717) is 13.0 Å². The number of aromatic nitrogens is 1. The van der Waals surface area contributed by atoms with Gasteiger partial charge in [-0.25, -0.2) is 0 Å². The molecule has 0 atom stereocenters. The highest BCUT2D eigenvalue weighted by Crippen LogP contribution is 2.08. The molecule has 0 aliphatic rings. The van der Waals surface area contributed by atoms with E-state index in [9.17, 15) is 4.79 Å². The number of hydrogen-bond donors (Lipinski definition) is 0. The molecule has 0 saturated carbocycles. The van der Waals surface area contributed by atoms with Crippen LogP contribution in [0.25, 0.3) is 0 Å². The molecule has 76 valence electrons. The van der Waals surface area contributed by atoms with Crippen molar-refractivity contribution in [1.82, 2.24) is 4.98 Å². The third kappa shape index (κ3) is 2.83. The van der Waals surface area contributed by atoms with E-state index in [1.54, 1.807) is 13.1 Å². The molecule has 14 heavy (non-hydrogen) atoms. The summed E-state index contributed by atoms with van der Waals surface area (Å²) < 4.78 is 4.86. The van der Waals surface area contributed by atoms with Gasteiger partial charge >= 0.3 is 5.97 Å². The van der Waals surface area contributed by atoms with Crippen LogP contribution in [0.5, 0.6) is 0 Å². The van der Waals surface area contributed by atoms with Crippen LogP contribution in [0.1, 0.15) is 23.7 Å². The first-order valence-corrected chi connectivity index (χ1v) is 4.71. The summed E-state index contributed by atoms with van der Waals surface area (Å²) >= 11 is 0. The van der Waals surface area contributed by atoms with Gasteiger partial charge in [0.25, 0.3) is 0 Å². The Bertz CT molecular complexity index is 334. The Labute approximate surface area is 84.1 Å². The molecule has 0 aliphatic carbocycles. The van der Waals surface area contributed by atoms with Crippen LogP contribution >= 0.6 is 0 Å². The van der Waals surface area contributed by atoms with E-state index in [-0.39, 0.29) is 5.97 Å². The number of nitrogens with zero attached hydrogens (tertiary/aromatic N) is 1. The van der Waals surface area contributed by atoms with Gasteiger partial charge in [0.05, 0.1) is 13.0 Å². The van der Waals surface area contributed by atoms with Gasteiger partial charge in [0, 0.05) is 11.9 Å². The molecule has 0 amide bonds. The summed E-state index contributed by atoms with van der Waals surface area (Å²) in [5, 5.41) is 0. The van der Waals surface area contributed by atoms with E-state index in [4.69, 9.17) is 4.74 Å². The van der Waals surface area contributed by atoms with Gasteiger partial charge in [0.15, 0.2) is 0 Å². The molecule has 0 aliphatic heterocycles. The Morgan fingerprint density at radius 3 is 2.79 bits per heavy atom. The van der Waals surface area contributed by atoms with E-state index < -0.39 is 0 Å². The first kappa shape index (κ1) is 10.7. The number of esters is 1. The van der Waals surface area contributed by atoms with E-state index in [2.05, 4.69) is 4.98 Å². The third-order valence-electron chi connectivity index (χ3n) is 2.00. The summed E-state index contributed by atoms with van der Waals surface area (Å²) in [4.78, 5) is 15.3. The molecule has 1 heterocycles. The molecule has 0 fully saturated rings. The lowest BCUT2D eigenvalue weighted by Crippen LogP contribution is -2.09. The van der Waals surface area contributed by atoms with Gasteiger partial charge in [0.2, 0.25) is 0 Å². The lowest BCUT2D eigenvalue weighted by molar-refractivity contribution is -0.142. The Morgan fingerprint density at radius 1 is 1.50 bits per heavy atom. The predicted octanol–water partition coefficient (Wildman–Crippen LogP) is 1.80. The van der Waals surface area contributed by atoms with Crippen LogP contribution in [0.4, 0.5) is 0 Å². The molecule has 0 unspecified atom stereocenters. The van der Waals surface area contributed by atoms with Gasteiger partial charge in [-0.15, -0.1) is 0 Å². The smallest absolute Gasteiger partial charge is 0.310 e. The molecule has 0 spiro atoms. The first-order chi connectivity index (χ1) is 6.63. The quantitative estimate of drug-likeness (QED) is 0.687. The minimum atomic E-state index is -0.193. The highest BCUT2D eigenvalue weighted by molar-refractivity contribution is 5.72. The Kier molecular flexibility index (Phi) is 3.63. The van der Waals surface area contributed by atoms with Gasteiger partial charge in [0.1, 0.15) is 0 Å². The lowest BCUT2D eigenvalue weighted by atomic mass is 10.1. The number of ether oxygens (including phenoxy) is 1. The second kappa shape index (κ2) is 4.74. The minimum Gasteiger partial charge on any atom is -0.466 e. The van der Waals surface area contributed by atoms with E-state index in [1.807, 2.05) is 19.9 Å². The third-order valence-corrected chi connectivity index (χ3v) is 2.00.